The number of nitrogens with zero attached hydrogens (tertiary/aromatic N) is 2. The first-order valence-corrected chi connectivity index (χ1v) is 9.88. The van der Waals surface area contributed by atoms with Gasteiger partial charge in [0.1, 0.15) is 0 Å². The van der Waals surface area contributed by atoms with Gasteiger partial charge in [0, 0.05) is 26.2 Å². The Morgan fingerprint density at radius 3 is 2.17 bits per heavy atom. The molecule has 0 N–H and O–H groups in total. The van der Waals surface area contributed by atoms with Crippen LogP contribution in [0.25, 0.3) is 0 Å². The molecule has 1 saturated carbocycles. The zero-order chi connectivity index (χ0) is 16.6. The van der Waals surface area contributed by atoms with Gasteiger partial charge in [-0.25, -0.2) is 8.42 Å². The summed E-state index contributed by atoms with van der Waals surface area (Å²) in [5.41, 5.74) is 0. The third-order valence-electron chi connectivity index (χ3n) is 4.93. The molecule has 1 amide bonds. The van der Waals surface area contributed by atoms with E-state index in [4.69, 9.17) is 4.74 Å². The van der Waals surface area contributed by atoms with Crippen molar-refractivity contribution < 1.29 is 22.7 Å². The molecule has 2 aliphatic heterocycles. The third kappa shape index (κ3) is 3.38. The Kier molecular flexibility index (Phi) is 4.64. The summed E-state index contributed by atoms with van der Waals surface area (Å²) < 4.78 is 30.6. The van der Waals surface area contributed by atoms with Crippen LogP contribution in [-0.2, 0) is 24.3 Å². The normalized spacial score (nSPS) is 24.3. The molecule has 23 heavy (non-hydrogen) atoms. The number of piperidine rings is 1. The quantitative estimate of drug-likeness (QED) is 0.666. The van der Waals surface area contributed by atoms with E-state index in [1.54, 1.807) is 11.8 Å². The SMILES string of the molecule is CCOC(=O)C1CCN(C(=O)C2CN(S(=O)(=O)C3CC3)C2)CC1. The lowest BCUT2D eigenvalue weighted by molar-refractivity contribution is -0.152. The number of carbonyl (C=O) groups excluding carboxylic acids is 2. The van der Waals surface area contributed by atoms with Crippen molar-refractivity contribution in [3.8, 4) is 0 Å². The van der Waals surface area contributed by atoms with Gasteiger partial charge in [-0.15, -0.1) is 0 Å². The molecule has 3 rings (SSSR count). The third-order valence-corrected chi connectivity index (χ3v) is 7.26. The molecule has 2 saturated heterocycles. The van der Waals surface area contributed by atoms with Gasteiger partial charge in [-0.05, 0) is 32.6 Å². The van der Waals surface area contributed by atoms with Gasteiger partial charge in [0.2, 0.25) is 15.9 Å². The zero-order valence-corrected chi connectivity index (χ0v) is 14.3. The van der Waals surface area contributed by atoms with Gasteiger partial charge in [0.05, 0.1) is 23.7 Å². The van der Waals surface area contributed by atoms with Crippen LogP contribution in [0.2, 0.25) is 0 Å². The van der Waals surface area contributed by atoms with Crippen LogP contribution in [0.5, 0.6) is 0 Å². The van der Waals surface area contributed by atoms with Crippen molar-refractivity contribution >= 4 is 21.9 Å². The lowest BCUT2D eigenvalue weighted by Gasteiger charge is -2.41. The Morgan fingerprint density at radius 2 is 1.65 bits per heavy atom. The van der Waals surface area contributed by atoms with E-state index in [-0.39, 0.29) is 29.0 Å². The number of rotatable bonds is 5. The highest BCUT2D eigenvalue weighted by Crippen LogP contribution is 2.35. The summed E-state index contributed by atoms with van der Waals surface area (Å²) in [6.45, 7) is 3.90. The lowest BCUT2D eigenvalue weighted by atomic mass is 9.94. The van der Waals surface area contributed by atoms with E-state index in [9.17, 15) is 18.0 Å². The first kappa shape index (κ1) is 16.7. The number of amides is 1. The minimum Gasteiger partial charge on any atom is -0.466 e. The van der Waals surface area contributed by atoms with Crippen molar-refractivity contribution in [2.24, 2.45) is 11.8 Å². The number of ether oxygens (including phenoxy) is 1. The van der Waals surface area contributed by atoms with Crippen molar-refractivity contribution in [3.63, 3.8) is 0 Å². The topological polar surface area (TPSA) is 84.0 Å². The molecule has 0 spiro atoms. The molecule has 0 aromatic carbocycles. The fourth-order valence-electron chi connectivity index (χ4n) is 3.23. The van der Waals surface area contributed by atoms with Crippen LogP contribution < -0.4 is 0 Å². The predicted octanol–water partition coefficient (Wildman–Crippen LogP) is 0.212. The van der Waals surface area contributed by atoms with E-state index in [0.29, 0.717) is 45.6 Å². The highest BCUT2D eigenvalue weighted by molar-refractivity contribution is 7.90. The lowest BCUT2D eigenvalue weighted by Crippen LogP contribution is -2.57. The second-order valence-electron chi connectivity index (χ2n) is 6.61. The van der Waals surface area contributed by atoms with Crippen LogP contribution in [0.1, 0.15) is 32.6 Å². The molecular formula is C15H24N2O5S. The fourth-order valence-corrected chi connectivity index (χ4v) is 5.16. The van der Waals surface area contributed by atoms with E-state index < -0.39 is 10.0 Å². The van der Waals surface area contributed by atoms with Crippen molar-refractivity contribution in [1.29, 1.82) is 0 Å². The highest BCUT2D eigenvalue weighted by atomic mass is 32.2. The van der Waals surface area contributed by atoms with Gasteiger partial charge < -0.3 is 9.64 Å². The molecule has 0 atom stereocenters. The van der Waals surface area contributed by atoms with E-state index in [0.717, 1.165) is 12.8 Å². The average Bonchev–Trinajstić information content (AvgIpc) is 3.30. The summed E-state index contributed by atoms with van der Waals surface area (Å²) >= 11 is 0. The van der Waals surface area contributed by atoms with E-state index in [2.05, 4.69) is 0 Å². The van der Waals surface area contributed by atoms with Crippen molar-refractivity contribution in [2.75, 3.05) is 32.8 Å². The van der Waals surface area contributed by atoms with Gasteiger partial charge in [-0.3, -0.25) is 9.59 Å². The largest absolute Gasteiger partial charge is 0.466 e. The van der Waals surface area contributed by atoms with Gasteiger partial charge in [-0.1, -0.05) is 0 Å². The van der Waals surface area contributed by atoms with Crippen LogP contribution in [0, 0.1) is 11.8 Å². The molecule has 0 bridgehead atoms. The molecule has 1 aliphatic carbocycles. The first-order chi connectivity index (χ1) is 10.9. The minimum atomic E-state index is -3.15. The Morgan fingerprint density at radius 1 is 1.04 bits per heavy atom. The molecule has 0 unspecified atom stereocenters. The zero-order valence-electron chi connectivity index (χ0n) is 13.4. The molecule has 3 fully saturated rings. The molecule has 3 aliphatic rings. The van der Waals surface area contributed by atoms with Gasteiger partial charge in [0.25, 0.3) is 0 Å². The number of hydrogen-bond acceptors (Lipinski definition) is 5. The number of esters is 1. The minimum absolute atomic E-state index is 0.0227. The van der Waals surface area contributed by atoms with Gasteiger partial charge in [0.15, 0.2) is 0 Å². The molecule has 0 aromatic heterocycles. The van der Waals surface area contributed by atoms with Crippen LogP contribution in [-0.4, -0.2) is 67.5 Å². The van der Waals surface area contributed by atoms with Crippen molar-refractivity contribution in [2.45, 2.75) is 37.9 Å². The van der Waals surface area contributed by atoms with E-state index in [1.165, 1.54) is 4.31 Å². The van der Waals surface area contributed by atoms with Crippen molar-refractivity contribution in [3.05, 3.63) is 0 Å². The summed E-state index contributed by atoms with van der Waals surface area (Å²) in [4.78, 5) is 25.9. The fraction of sp³-hybridized carbons (Fsp3) is 0.867. The molecule has 0 radical (unpaired) electrons. The second-order valence-corrected chi connectivity index (χ2v) is 8.82. The molecular weight excluding hydrogens is 320 g/mol. The van der Waals surface area contributed by atoms with Crippen LogP contribution in [0.3, 0.4) is 0 Å². The Hall–Kier alpha value is -1.15. The Bertz CT molecular complexity index is 573. The molecule has 7 nitrogen and oxygen atoms in total. The number of carbonyl (C=O) groups is 2. The Balaban J connectivity index is 1.45. The van der Waals surface area contributed by atoms with E-state index >= 15 is 0 Å². The maximum Gasteiger partial charge on any atom is 0.309 e. The van der Waals surface area contributed by atoms with Crippen LogP contribution in [0.4, 0.5) is 0 Å². The molecule has 0 aromatic rings. The average molecular weight is 344 g/mol. The van der Waals surface area contributed by atoms with Gasteiger partial charge in [-0.2, -0.15) is 4.31 Å². The monoisotopic (exact) mass is 344 g/mol. The summed E-state index contributed by atoms with van der Waals surface area (Å²) in [7, 11) is -3.15. The van der Waals surface area contributed by atoms with Crippen LogP contribution >= 0.6 is 0 Å². The van der Waals surface area contributed by atoms with Crippen LogP contribution in [0.15, 0.2) is 0 Å². The van der Waals surface area contributed by atoms with E-state index in [1.807, 2.05) is 0 Å². The number of likely N-dealkylation sites (tertiary alicyclic amines) is 1. The summed E-state index contributed by atoms with van der Waals surface area (Å²) in [6, 6.07) is 0. The smallest absolute Gasteiger partial charge is 0.309 e. The molecule has 2 heterocycles. The second kappa shape index (κ2) is 6.39. The van der Waals surface area contributed by atoms with Crippen molar-refractivity contribution in [1.82, 2.24) is 9.21 Å². The maximum absolute atomic E-state index is 12.4. The standard InChI is InChI=1S/C15H24N2O5S/c1-2-22-15(19)11-5-7-16(8-6-11)14(18)12-9-17(10-12)23(20,21)13-3-4-13/h11-13H,2-10H2,1H3. The van der Waals surface area contributed by atoms with Gasteiger partial charge >= 0.3 is 5.97 Å². The molecule has 8 heteroatoms. The highest BCUT2D eigenvalue weighted by Gasteiger charge is 2.47. The summed E-state index contributed by atoms with van der Waals surface area (Å²) in [5, 5.41) is -0.209. The number of sulfonamides is 1. The number of hydrogen-bond donors (Lipinski definition) is 0. The summed E-state index contributed by atoms with van der Waals surface area (Å²) in [6.07, 6.45) is 2.75. The maximum atomic E-state index is 12.4. The summed E-state index contributed by atoms with van der Waals surface area (Å²) in [5.74, 6) is -0.491. The predicted molar refractivity (Wildman–Crippen MR) is 82.9 cm³/mol. The molecule has 130 valence electrons. The Labute approximate surface area is 137 Å². The first-order valence-electron chi connectivity index (χ1n) is 8.38.